The van der Waals surface area contributed by atoms with Gasteiger partial charge in [0.15, 0.2) is 0 Å². The van der Waals surface area contributed by atoms with Crippen molar-refractivity contribution in [3.63, 3.8) is 0 Å². The average Bonchev–Trinajstić information content (AvgIpc) is 2.30. The van der Waals surface area contributed by atoms with Gasteiger partial charge in [0.1, 0.15) is 0 Å². The standard InChI is InChI=1S/C11H20N2O.BrH/c14-11(10-4-6-12-7-5-10)13-8-2-1-3-9-13;/h10,12H,1-9H2;1H. The van der Waals surface area contributed by atoms with Crippen LogP contribution in [-0.2, 0) is 4.79 Å². The number of likely N-dealkylation sites (tertiary alicyclic amines) is 1. The van der Waals surface area contributed by atoms with Crippen LogP contribution in [0, 0.1) is 5.92 Å². The van der Waals surface area contributed by atoms with Gasteiger partial charge < -0.3 is 10.2 Å². The Kier molecular flexibility index (Phi) is 5.61. The first-order chi connectivity index (χ1) is 6.88. The average molecular weight is 277 g/mol. The zero-order valence-corrected chi connectivity index (χ0v) is 10.9. The zero-order valence-electron chi connectivity index (χ0n) is 9.21. The van der Waals surface area contributed by atoms with Crippen molar-refractivity contribution in [3.8, 4) is 0 Å². The number of nitrogens with one attached hydrogen (secondary N) is 1. The Labute approximate surface area is 102 Å². The predicted octanol–water partition coefficient (Wildman–Crippen LogP) is 1.58. The van der Waals surface area contributed by atoms with Gasteiger partial charge in [-0.15, -0.1) is 17.0 Å². The predicted molar refractivity (Wildman–Crippen MR) is 66.3 cm³/mol. The van der Waals surface area contributed by atoms with E-state index in [1.807, 2.05) is 0 Å². The van der Waals surface area contributed by atoms with Crippen molar-refractivity contribution >= 4 is 22.9 Å². The van der Waals surface area contributed by atoms with E-state index >= 15 is 0 Å². The first-order valence-corrected chi connectivity index (χ1v) is 5.87. The number of carbonyl (C=O) groups is 1. The minimum absolute atomic E-state index is 0. The Bertz CT molecular complexity index is 179. The number of nitrogens with zero attached hydrogens (tertiary/aromatic N) is 1. The molecular weight excluding hydrogens is 256 g/mol. The maximum absolute atomic E-state index is 12.1. The number of amides is 1. The Morgan fingerprint density at radius 2 is 1.67 bits per heavy atom. The highest BCUT2D eigenvalue weighted by Gasteiger charge is 2.26. The highest BCUT2D eigenvalue weighted by Crippen LogP contribution is 2.18. The molecule has 0 unspecified atom stereocenters. The third kappa shape index (κ3) is 3.45. The number of halogens is 1. The molecule has 4 heteroatoms. The quantitative estimate of drug-likeness (QED) is 0.789. The normalized spacial score (nSPS) is 23.3. The summed E-state index contributed by atoms with van der Waals surface area (Å²) in [5.41, 5.74) is 0. The lowest BCUT2D eigenvalue weighted by Crippen LogP contribution is -2.43. The van der Waals surface area contributed by atoms with E-state index in [0.717, 1.165) is 39.0 Å². The van der Waals surface area contributed by atoms with Gasteiger partial charge >= 0.3 is 0 Å². The lowest BCUT2D eigenvalue weighted by atomic mass is 9.95. The van der Waals surface area contributed by atoms with Crippen LogP contribution in [0.2, 0.25) is 0 Å². The summed E-state index contributed by atoms with van der Waals surface area (Å²) < 4.78 is 0. The summed E-state index contributed by atoms with van der Waals surface area (Å²) in [6.45, 7) is 4.04. The topological polar surface area (TPSA) is 32.3 Å². The van der Waals surface area contributed by atoms with Gasteiger partial charge in [-0.25, -0.2) is 0 Å². The molecule has 15 heavy (non-hydrogen) atoms. The van der Waals surface area contributed by atoms with Gasteiger partial charge in [-0.05, 0) is 45.2 Å². The molecule has 2 heterocycles. The number of piperidine rings is 2. The summed E-state index contributed by atoms with van der Waals surface area (Å²) in [4.78, 5) is 14.1. The molecule has 0 aliphatic carbocycles. The van der Waals surface area contributed by atoms with Gasteiger partial charge in [0, 0.05) is 19.0 Å². The lowest BCUT2D eigenvalue weighted by molar-refractivity contribution is -0.137. The Balaban J connectivity index is 0.00000112. The van der Waals surface area contributed by atoms with Crippen LogP contribution in [0.15, 0.2) is 0 Å². The third-order valence-electron chi connectivity index (χ3n) is 3.36. The highest BCUT2D eigenvalue weighted by atomic mass is 79.9. The summed E-state index contributed by atoms with van der Waals surface area (Å²) in [5.74, 6) is 0.737. The van der Waals surface area contributed by atoms with Crippen LogP contribution in [0.5, 0.6) is 0 Å². The molecular formula is C11H21BrN2O. The van der Waals surface area contributed by atoms with Crippen LogP contribution >= 0.6 is 17.0 Å². The minimum Gasteiger partial charge on any atom is -0.342 e. The largest absolute Gasteiger partial charge is 0.342 e. The van der Waals surface area contributed by atoms with Crippen LogP contribution < -0.4 is 5.32 Å². The van der Waals surface area contributed by atoms with Crippen LogP contribution in [0.3, 0.4) is 0 Å². The molecule has 2 rings (SSSR count). The SMILES string of the molecule is Br.O=C(C1CCNCC1)N1CCCCC1. The molecule has 1 amide bonds. The molecule has 0 aromatic heterocycles. The van der Waals surface area contributed by atoms with E-state index in [1.54, 1.807) is 0 Å². The molecule has 2 aliphatic rings. The van der Waals surface area contributed by atoms with Gasteiger partial charge in [-0.2, -0.15) is 0 Å². The zero-order chi connectivity index (χ0) is 9.80. The molecule has 3 nitrogen and oxygen atoms in total. The van der Waals surface area contributed by atoms with Crippen LogP contribution in [0.4, 0.5) is 0 Å². The second-order valence-corrected chi connectivity index (χ2v) is 4.41. The lowest BCUT2D eigenvalue weighted by Gasteiger charge is -2.32. The molecule has 0 saturated carbocycles. The van der Waals surface area contributed by atoms with E-state index in [9.17, 15) is 4.79 Å². The molecule has 0 radical (unpaired) electrons. The van der Waals surface area contributed by atoms with E-state index in [4.69, 9.17) is 0 Å². The summed E-state index contributed by atoms with van der Waals surface area (Å²) in [7, 11) is 0. The Hall–Kier alpha value is -0.0900. The number of carbonyl (C=O) groups excluding carboxylic acids is 1. The summed E-state index contributed by atoms with van der Waals surface area (Å²) in [5, 5.41) is 3.30. The van der Waals surface area contributed by atoms with E-state index in [1.165, 1.54) is 19.3 Å². The van der Waals surface area contributed by atoms with Crippen molar-refractivity contribution in [2.75, 3.05) is 26.2 Å². The number of hydrogen-bond donors (Lipinski definition) is 1. The third-order valence-corrected chi connectivity index (χ3v) is 3.36. The smallest absolute Gasteiger partial charge is 0.225 e. The van der Waals surface area contributed by atoms with Crippen molar-refractivity contribution < 1.29 is 4.79 Å². The number of rotatable bonds is 1. The molecule has 1 N–H and O–H groups in total. The second-order valence-electron chi connectivity index (χ2n) is 4.41. The summed E-state index contributed by atoms with van der Waals surface area (Å²) in [6, 6.07) is 0. The van der Waals surface area contributed by atoms with Crippen molar-refractivity contribution in [2.24, 2.45) is 5.92 Å². The van der Waals surface area contributed by atoms with Crippen LogP contribution in [-0.4, -0.2) is 37.0 Å². The molecule has 0 aromatic carbocycles. The maximum Gasteiger partial charge on any atom is 0.225 e. The minimum atomic E-state index is 0. The molecule has 0 bridgehead atoms. The van der Waals surface area contributed by atoms with E-state index in [0.29, 0.717) is 11.8 Å². The van der Waals surface area contributed by atoms with Crippen molar-refractivity contribution in [1.29, 1.82) is 0 Å². The van der Waals surface area contributed by atoms with E-state index < -0.39 is 0 Å². The molecule has 2 saturated heterocycles. The summed E-state index contributed by atoms with van der Waals surface area (Å²) in [6.07, 6.45) is 5.79. The van der Waals surface area contributed by atoms with Crippen LogP contribution in [0.25, 0.3) is 0 Å². The van der Waals surface area contributed by atoms with Crippen molar-refractivity contribution in [3.05, 3.63) is 0 Å². The van der Waals surface area contributed by atoms with Gasteiger partial charge in [0.2, 0.25) is 5.91 Å². The van der Waals surface area contributed by atoms with Crippen LogP contribution in [0.1, 0.15) is 32.1 Å². The number of hydrogen-bond acceptors (Lipinski definition) is 2. The van der Waals surface area contributed by atoms with Gasteiger partial charge in [0.25, 0.3) is 0 Å². The fourth-order valence-corrected chi connectivity index (χ4v) is 2.44. The first-order valence-electron chi connectivity index (χ1n) is 5.87. The Morgan fingerprint density at radius 3 is 2.27 bits per heavy atom. The highest BCUT2D eigenvalue weighted by molar-refractivity contribution is 8.93. The molecule has 0 atom stereocenters. The molecule has 0 spiro atoms. The van der Waals surface area contributed by atoms with E-state index in [2.05, 4.69) is 10.2 Å². The maximum atomic E-state index is 12.1. The molecule has 2 fully saturated rings. The van der Waals surface area contributed by atoms with Gasteiger partial charge in [-0.1, -0.05) is 0 Å². The first kappa shape index (κ1) is 13.0. The van der Waals surface area contributed by atoms with Crippen molar-refractivity contribution in [2.45, 2.75) is 32.1 Å². The monoisotopic (exact) mass is 276 g/mol. The van der Waals surface area contributed by atoms with Gasteiger partial charge in [-0.3, -0.25) is 4.79 Å². The second kappa shape index (κ2) is 6.48. The summed E-state index contributed by atoms with van der Waals surface area (Å²) >= 11 is 0. The molecule has 0 aromatic rings. The van der Waals surface area contributed by atoms with E-state index in [-0.39, 0.29) is 17.0 Å². The van der Waals surface area contributed by atoms with Crippen molar-refractivity contribution in [1.82, 2.24) is 10.2 Å². The fraction of sp³-hybridized carbons (Fsp3) is 0.909. The molecule has 88 valence electrons. The Morgan fingerprint density at radius 1 is 1.07 bits per heavy atom. The molecule has 2 aliphatic heterocycles. The van der Waals surface area contributed by atoms with Gasteiger partial charge in [0.05, 0.1) is 0 Å². The fourth-order valence-electron chi connectivity index (χ4n) is 2.44.